The van der Waals surface area contributed by atoms with Crippen molar-refractivity contribution in [1.82, 2.24) is 5.32 Å². The molecule has 0 atom stereocenters. The minimum Gasteiger partial charge on any atom is -0.327 e. The Morgan fingerprint density at radius 1 is 0.630 bits per heavy atom. The maximum Gasteiger partial charge on any atom is 0.319 e. The molecule has 0 unspecified atom stereocenters. The molecule has 4 aromatic rings. The zero-order valence-electron chi connectivity index (χ0n) is 14.8. The van der Waals surface area contributed by atoms with E-state index in [0.717, 1.165) is 27.6 Å². The third-order valence-electron chi connectivity index (χ3n) is 4.55. The molecule has 2 amide bonds. The molecular weight excluding hydrogens is 332 g/mol. The van der Waals surface area contributed by atoms with Crippen LogP contribution in [0.1, 0.15) is 17.2 Å². The lowest BCUT2D eigenvalue weighted by molar-refractivity contribution is 0.250. The number of hydrogen-bond acceptors (Lipinski definition) is 1. The maximum absolute atomic E-state index is 12.7. The minimum atomic E-state index is -0.233. The van der Waals surface area contributed by atoms with Crippen LogP contribution in [0.15, 0.2) is 103 Å². The van der Waals surface area contributed by atoms with Crippen LogP contribution in [0.25, 0.3) is 10.8 Å². The second kappa shape index (κ2) is 7.75. The number of urea groups is 1. The molecule has 27 heavy (non-hydrogen) atoms. The molecular formula is C24H20N2O. The summed E-state index contributed by atoms with van der Waals surface area (Å²) in [6, 6.07) is 33.5. The van der Waals surface area contributed by atoms with Gasteiger partial charge in [0.15, 0.2) is 0 Å². The smallest absolute Gasteiger partial charge is 0.319 e. The molecule has 0 aliphatic rings. The van der Waals surface area contributed by atoms with Gasteiger partial charge in [0.05, 0.1) is 6.04 Å². The van der Waals surface area contributed by atoms with Crippen molar-refractivity contribution in [3.05, 3.63) is 114 Å². The highest BCUT2D eigenvalue weighted by Gasteiger charge is 2.16. The van der Waals surface area contributed by atoms with Gasteiger partial charge in [-0.2, -0.15) is 0 Å². The molecule has 0 radical (unpaired) electrons. The second-order valence-electron chi connectivity index (χ2n) is 6.41. The van der Waals surface area contributed by atoms with Gasteiger partial charge < -0.3 is 10.6 Å². The summed E-state index contributed by atoms with van der Waals surface area (Å²) >= 11 is 0. The monoisotopic (exact) mass is 352 g/mol. The van der Waals surface area contributed by atoms with Gasteiger partial charge in [-0.25, -0.2) is 4.79 Å². The van der Waals surface area contributed by atoms with Gasteiger partial charge in [-0.05, 0) is 34.0 Å². The standard InChI is InChI=1S/C24H20N2O/c27-24(25-22-16-15-18-9-7-8-14-21(18)17-22)26-23(19-10-3-1-4-11-19)20-12-5-2-6-13-20/h1-17,23H,(H2,25,26,27). The van der Waals surface area contributed by atoms with Crippen molar-refractivity contribution in [2.75, 3.05) is 5.32 Å². The Labute approximate surface area is 158 Å². The summed E-state index contributed by atoms with van der Waals surface area (Å²) in [6.07, 6.45) is 0. The van der Waals surface area contributed by atoms with Crippen LogP contribution in [0.3, 0.4) is 0 Å². The number of amides is 2. The number of nitrogens with one attached hydrogen (secondary N) is 2. The molecule has 0 heterocycles. The van der Waals surface area contributed by atoms with E-state index in [4.69, 9.17) is 0 Å². The number of carbonyl (C=O) groups excluding carboxylic acids is 1. The van der Waals surface area contributed by atoms with Gasteiger partial charge in [0.25, 0.3) is 0 Å². The number of rotatable bonds is 4. The molecule has 0 bridgehead atoms. The fraction of sp³-hybridized carbons (Fsp3) is 0.0417. The molecule has 0 aliphatic heterocycles. The predicted molar refractivity (Wildman–Crippen MR) is 111 cm³/mol. The highest BCUT2D eigenvalue weighted by molar-refractivity contribution is 5.93. The first-order chi connectivity index (χ1) is 13.3. The fourth-order valence-electron chi connectivity index (χ4n) is 3.22. The lowest BCUT2D eigenvalue weighted by Crippen LogP contribution is -2.33. The summed E-state index contributed by atoms with van der Waals surface area (Å²) in [7, 11) is 0. The normalized spacial score (nSPS) is 10.7. The molecule has 0 spiro atoms. The fourth-order valence-corrected chi connectivity index (χ4v) is 3.22. The molecule has 0 saturated heterocycles. The van der Waals surface area contributed by atoms with Crippen molar-refractivity contribution in [2.45, 2.75) is 6.04 Å². The van der Waals surface area contributed by atoms with Crippen LogP contribution in [-0.4, -0.2) is 6.03 Å². The van der Waals surface area contributed by atoms with Gasteiger partial charge in [0.1, 0.15) is 0 Å². The first kappa shape index (κ1) is 16.9. The number of fused-ring (bicyclic) bond motifs is 1. The van der Waals surface area contributed by atoms with Crippen molar-refractivity contribution >= 4 is 22.5 Å². The molecule has 0 aliphatic carbocycles. The van der Waals surface area contributed by atoms with Crippen LogP contribution < -0.4 is 10.6 Å². The van der Waals surface area contributed by atoms with E-state index in [1.54, 1.807) is 0 Å². The predicted octanol–water partition coefficient (Wildman–Crippen LogP) is 5.75. The molecule has 132 valence electrons. The highest BCUT2D eigenvalue weighted by Crippen LogP contribution is 2.23. The third-order valence-corrected chi connectivity index (χ3v) is 4.55. The van der Waals surface area contributed by atoms with Gasteiger partial charge >= 0.3 is 6.03 Å². The van der Waals surface area contributed by atoms with E-state index in [1.165, 1.54) is 0 Å². The Kier molecular flexibility index (Phi) is 4.84. The number of anilines is 1. The quantitative estimate of drug-likeness (QED) is 0.482. The van der Waals surface area contributed by atoms with Crippen molar-refractivity contribution < 1.29 is 4.79 Å². The largest absolute Gasteiger partial charge is 0.327 e. The average Bonchev–Trinajstić information content (AvgIpc) is 2.73. The van der Waals surface area contributed by atoms with Crippen LogP contribution in [0, 0.1) is 0 Å². The number of hydrogen-bond donors (Lipinski definition) is 2. The van der Waals surface area contributed by atoms with Crippen molar-refractivity contribution in [2.24, 2.45) is 0 Å². The Hall–Kier alpha value is -3.59. The Morgan fingerprint density at radius 2 is 1.19 bits per heavy atom. The van der Waals surface area contributed by atoms with E-state index in [-0.39, 0.29) is 12.1 Å². The van der Waals surface area contributed by atoms with Crippen LogP contribution in [0.2, 0.25) is 0 Å². The molecule has 0 saturated carbocycles. The molecule has 3 nitrogen and oxygen atoms in total. The van der Waals surface area contributed by atoms with E-state index in [9.17, 15) is 4.79 Å². The summed E-state index contributed by atoms with van der Waals surface area (Å²) in [6.45, 7) is 0. The van der Waals surface area contributed by atoms with E-state index < -0.39 is 0 Å². The van der Waals surface area contributed by atoms with Gasteiger partial charge in [-0.1, -0.05) is 91.0 Å². The first-order valence-electron chi connectivity index (χ1n) is 8.96. The summed E-state index contributed by atoms with van der Waals surface area (Å²) in [5.74, 6) is 0. The van der Waals surface area contributed by atoms with Gasteiger partial charge in [0.2, 0.25) is 0 Å². The Bertz CT molecular complexity index is 1010. The van der Waals surface area contributed by atoms with Crippen LogP contribution >= 0.6 is 0 Å². The van der Waals surface area contributed by atoms with Gasteiger partial charge in [-0.15, -0.1) is 0 Å². The SMILES string of the molecule is O=C(Nc1ccc2ccccc2c1)NC(c1ccccc1)c1ccccc1. The van der Waals surface area contributed by atoms with E-state index in [1.807, 2.05) is 97.1 Å². The minimum absolute atomic E-state index is 0.215. The van der Waals surface area contributed by atoms with Crippen molar-refractivity contribution in [3.8, 4) is 0 Å². The van der Waals surface area contributed by atoms with Crippen LogP contribution in [0.5, 0.6) is 0 Å². The zero-order chi connectivity index (χ0) is 18.5. The lowest BCUT2D eigenvalue weighted by Gasteiger charge is -2.20. The Balaban J connectivity index is 1.56. The van der Waals surface area contributed by atoms with Gasteiger partial charge in [0, 0.05) is 5.69 Å². The zero-order valence-corrected chi connectivity index (χ0v) is 14.8. The average molecular weight is 352 g/mol. The molecule has 0 aromatic heterocycles. The molecule has 3 heteroatoms. The molecule has 4 aromatic carbocycles. The molecule has 4 rings (SSSR count). The number of benzene rings is 4. The molecule has 2 N–H and O–H groups in total. The Morgan fingerprint density at radius 3 is 1.81 bits per heavy atom. The summed E-state index contributed by atoms with van der Waals surface area (Å²) in [5.41, 5.74) is 2.85. The first-order valence-corrected chi connectivity index (χ1v) is 8.96. The summed E-state index contributed by atoms with van der Waals surface area (Å²) in [4.78, 5) is 12.7. The van der Waals surface area contributed by atoms with E-state index in [0.29, 0.717) is 0 Å². The van der Waals surface area contributed by atoms with Gasteiger partial charge in [-0.3, -0.25) is 0 Å². The molecule has 0 fully saturated rings. The van der Waals surface area contributed by atoms with Crippen molar-refractivity contribution in [1.29, 1.82) is 0 Å². The lowest BCUT2D eigenvalue weighted by atomic mass is 9.99. The maximum atomic E-state index is 12.7. The topological polar surface area (TPSA) is 41.1 Å². The van der Waals surface area contributed by atoms with Crippen molar-refractivity contribution in [3.63, 3.8) is 0 Å². The summed E-state index contributed by atoms with van der Waals surface area (Å²) < 4.78 is 0. The number of carbonyl (C=O) groups is 1. The van der Waals surface area contributed by atoms with E-state index >= 15 is 0 Å². The van der Waals surface area contributed by atoms with Crippen LogP contribution in [0.4, 0.5) is 10.5 Å². The third kappa shape index (κ3) is 3.98. The summed E-state index contributed by atoms with van der Waals surface area (Å²) in [5, 5.41) is 8.29. The van der Waals surface area contributed by atoms with E-state index in [2.05, 4.69) is 16.7 Å². The van der Waals surface area contributed by atoms with Crippen LogP contribution in [-0.2, 0) is 0 Å². The highest BCUT2D eigenvalue weighted by atomic mass is 16.2. The second-order valence-corrected chi connectivity index (χ2v) is 6.41.